The zero-order chi connectivity index (χ0) is 13.9. The first-order chi connectivity index (χ1) is 9.04. The van der Waals surface area contributed by atoms with Crippen molar-refractivity contribution in [3.63, 3.8) is 0 Å². The number of halogens is 1. The van der Waals surface area contributed by atoms with Crippen LogP contribution in [0, 0.1) is 0 Å². The van der Waals surface area contributed by atoms with Crippen LogP contribution in [-0.2, 0) is 14.8 Å². The van der Waals surface area contributed by atoms with Gasteiger partial charge in [0.25, 0.3) is 0 Å². The van der Waals surface area contributed by atoms with Crippen LogP contribution < -0.4 is 4.72 Å². The van der Waals surface area contributed by atoms with Crippen LogP contribution in [-0.4, -0.2) is 42.8 Å². The molecule has 1 atom stereocenters. The fourth-order valence-corrected chi connectivity index (χ4v) is 3.66. The molecule has 0 spiro atoms. The van der Waals surface area contributed by atoms with E-state index in [1.54, 1.807) is 12.1 Å². The van der Waals surface area contributed by atoms with Crippen LogP contribution in [0.5, 0.6) is 0 Å². The van der Waals surface area contributed by atoms with E-state index in [2.05, 4.69) is 13.5 Å². The maximum atomic E-state index is 12.2. The van der Waals surface area contributed by atoms with Crippen molar-refractivity contribution in [2.24, 2.45) is 0 Å². The Hall–Kier alpha value is -0.800. The zero-order valence-corrected chi connectivity index (χ0v) is 12.4. The number of nitrogens with one attached hydrogen (secondary N) is 1. The summed E-state index contributed by atoms with van der Waals surface area (Å²) >= 11 is 6.87. The lowest BCUT2D eigenvalue weighted by Gasteiger charge is -2.10. The summed E-state index contributed by atoms with van der Waals surface area (Å²) in [4.78, 5) is 0.111. The number of sulfonamides is 1. The number of fused-ring (bicyclic) bond motifs is 1. The molecular formula is C10H12ClN3O3S2. The van der Waals surface area contributed by atoms with Gasteiger partial charge in [0, 0.05) is 13.7 Å². The molecule has 0 aliphatic carbocycles. The lowest BCUT2D eigenvalue weighted by atomic mass is 10.3. The molecule has 0 amide bonds. The van der Waals surface area contributed by atoms with Gasteiger partial charge >= 0.3 is 0 Å². The van der Waals surface area contributed by atoms with E-state index in [9.17, 15) is 8.42 Å². The molecule has 1 aromatic heterocycles. The van der Waals surface area contributed by atoms with Crippen LogP contribution in [0.3, 0.4) is 0 Å². The van der Waals surface area contributed by atoms with Crippen molar-refractivity contribution in [3.8, 4) is 0 Å². The average Bonchev–Trinajstić information content (AvgIpc) is 2.84. The third-order valence-electron chi connectivity index (χ3n) is 2.38. The number of hydrogen-bond donors (Lipinski definition) is 1. The molecule has 0 fully saturated rings. The van der Waals surface area contributed by atoms with Gasteiger partial charge in [0.05, 0.1) is 23.7 Å². The Morgan fingerprint density at radius 3 is 3.00 bits per heavy atom. The van der Waals surface area contributed by atoms with Gasteiger partial charge in [0.2, 0.25) is 10.0 Å². The molecule has 0 radical (unpaired) electrons. The molecule has 19 heavy (non-hydrogen) atoms. The maximum absolute atomic E-state index is 12.2. The van der Waals surface area contributed by atoms with Crippen LogP contribution in [0.1, 0.15) is 0 Å². The number of hydrogen-bond acceptors (Lipinski definition) is 6. The van der Waals surface area contributed by atoms with E-state index in [1.807, 2.05) is 0 Å². The minimum Gasteiger partial charge on any atom is -0.383 e. The molecule has 0 bridgehead atoms. The van der Waals surface area contributed by atoms with Gasteiger partial charge in [-0.25, -0.2) is 13.1 Å². The smallest absolute Gasteiger partial charge is 0.242 e. The minimum absolute atomic E-state index is 0.0890. The highest BCUT2D eigenvalue weighted by Crippen LogP contribution is 2.20. The lowest BCUT2D eigenvalue weighted by molar-refractivity contribution is 0.198. The largest absolute Gasteiger partial charge is 0.383 e. The van der Waals surface area contributed by atoms with E-state index in [-0.39, 0.29) is 18.0 Å². The van der Waals surface area contributed by atoms with Gasteiger partial charge in [-0.3, -0.25) is 0 Å². The molecular weight excluding hydrogens is 310 g/mol. The van der Waals surface area contributed by atoms with Crippen molar-refractivity contribution < 1.29 is 13.2 Å². The third-order valence-corrected chi connectivity index (χ3v) is 4.66. The molecule has 0 saturated carbocycles. The topological polar surface area (TPSA) is 81.2 Å². The van der Waals surface area contributed by atoms with E-state index in [4.69, 9.17) is 16.3 Å². The van der Waals surface area contributed by atoms with Crippen LogP contribution in [0.4, 0.5) is 0 Å². The summed E-state index contributed by atoms with van der Waals surface area (Å²) in [5.41, 5.74) is 0.935. The highest BCUT2D eigenvalue weighted by atomic mass is 35.5. The first-order valence-corrected chi connectivity index (χ1v) is 8.03. The molecule has 1 N–H and O–H groups in total. The summed E-state index contributed by atoms with van der Waals surface area (Å²) in [6.07, 6.45) is 0. The summed E-state index contributed by atoms with van der Waals surface area (Å²) in [6.45, 7) is 0.359. The van der Waals surface area contributed by atoms with Gasteiger partial charge in [0.1, 0.15) is 15.9 Å². The number of benzene rings is 1. The quantitative estimate of drug-likeness (QED) is 0.809. The fraction of sp³-hybridized carbons (Fsp3) is 0.400. The highest BCUT2D eigenvalue weighted by Gasteiger charge is 2.20. The summed E-state index contributed by atoms with van der Waals surface area (Å²) in [7, 11) is -2.15. The van der Waals surface area contributed by atoms with E-state index < -0.39 is 15.4 Å². The van der Waals surface area contributed by atoms with Crippen molar-refractivity contribution in [1.82, 2.24) is 13.5 Å². The van der Waals surface area contributed by atoms with Crippen molar-refractivity contribution in [2.75, 3.05) is 20.3 Å². The molecule has 2 aromatic rings. The molecule has 1 unspecified atom stereocenters. The van der Waals surface area contributed by atoms with Crippen molar-refractivity contribution in [1.29, 1.82) is 0 Å². The van der Waals surface area contributed by atoms with Gasteiger partial charge in [-0.05, 0) is 12.1 Å². The van der Waals surface area contributed by atoms with E-state index >= 15 is 0 Å². The van der Waals surface area contributed by atoms with Gasteiger partial charge < -0.3 is 4.74 Å². The van der Waals surface area contributed by atoms with Crippen molar-refractivity contribution >= 4 is 44.4 Å². The molecule has 6 nitrogen and oxygen atoms in total. The molecule has 1 heterocycles. The molecule has 1 aromatic carbocycles. The number of ether oxygens (including phenoxy) is 1. The Kier molecular flexibility index (Phi) is 4.69. The number of aromatic nitrogens is 2. The standard InChI is InChI=1S/C10H12ClN3O3S2/c1-17-6-7(11)5-12-19(15,16)9-4-2-3-8-10(9)14-18-13-8/h2-4,7,12H,5-6H2,1H3. The predicted molar refractivity (Wildman–Crippen MR) is 74.1 cm³/mol. The molecule has 9 heteroatoms. The summed E-state index contributed by atoms with van der Waals surface area (Å²) in [6, 6.07) is 4.84. The second-order valence-electron chi connectivity index (χ2n) is 3.79. The van der Waals surface area contributed by atoms with Crippen molar-refractivity contribution in [3.05, 3.63) is 18.2 Å². The van der Waals surface area contributed by atoms with Gasteiger partial charge in [0.15, 0.2) is 0 Å². The van der Waals surface area contributed by atoms with Crippen molar-refractivity contribution in [2.45, 2.75) is 10.3 Å². The molecule has 0 saturated heterocycles. The first-order valence-electron chi connectivity index (χ1n) is 5.38. The lowest BCUT2D eigenvalue weighted by Crippen LogP contribution is -2.31. The van der Waals surface area contributed by atoms with Crippen LogP contribution in [0.25, 0.3) is 11.0 Å². The predicted octanol–water partition coefficient (Wildman–Crippen LogP) is 1.22. The number of methoxy groups -OCH3 is 1. The molecule has 2 rings (SSSR count). The van der Waals surface area contributed by atoms with E-state index in [0.717, 1.165) is 11.7 Å². The van der Waals surface area contributed by atoms with Crippen LogP contribution >= 0.6 is 23.3 Å². The maximum Gasteiger partial charge on any atom is 0.242 e. The molecule has 0 aliphatic rings. The summed E-state index contributed by atoms with van der Waals surface area (Å²) in [5, 5.41) is -0.424. The van der Waals surface area contributed by atoms with Gasteiger partial charge in [-0.15, -0.1) is 11.6 Å². The Morgan fingerprint density at radius 2 is 2.26 bits per heavy atom. The highest BCUT2D eigenvalue weighted by molar-refractivity contribution is 7.89. The average molecular weight is 322 g/mol. The molecule has 0 aliphatic heterocycles. The van der Waals surface area contributed by atoms with Crippen LogP contribution in [0.15, 0.2) is 23.1 Å². The van der Waals surface area contributed by atoms with E-state index in [1.165, 1.54) is 13.2 Å². The minimum atomic E-state index is -3.66. The first kappa shape index (κ1) is 14.6. The van der Waals surface area contributed by atoms with Gasteiger partial charge in [-0.2, -0.15) is 8.75 Å². The monoisotopic (exact) mass is 321 g/mol. The fourth-order valence-electron chi connectivity index (χ4n) is 1.52. The SMILES string of the molecule is COCC(Cl)CNS(=O)(=O)c1cccc2nsnc12. The van der Waals surface area contributed by atoms with Gasteiger partial charge in [-0.1, -0.05) is 6.07 Å². The number of alkyl halides is 1. The second kappa shape index (κ2) is 6.10. The third kappa shape index (κ3) is 3.40. The summed E-state index contributed by atoms with van der Waals surface area (Å²) in [5.74, 6) is 0. The van der Waals surface area contributed by atoms with Crippen LogP contribution in [0.2, 0.25) is 0 Å². The Balaban J connectivity index is 2.22. The second-order valence-corrected chi connectivity index (χ2v) is 6.67. The number of nitrogens with zero attached hydrogens (tertiary/aromatic N) is 2. The molecule has 104 valence electrons. The van der Waals surface area contributed by atoms with E-state index in [0.29, 0.717) is 11.0 Å². The normalized spacial score (nSPS) is 13.8. The Labute approximate surface area is 120 Å². The number of rotatable bonds is 6. The zero-order valence-electron chi connectivity index (χ0n) is 10.0. The Morgan fingerprint density at radius 1 is 1.47 bits per heavy atom. The summed E-state index contributed by atoms with van der Waals surface area (Å²) < 4.78 is 39.7. The Bertz CT molecular complexity index is 659.